The first kappa shape index (κ1) is 32.4. The molecule has 0 saturated carbocycles. The van der Waals surface area contributed by atoms with Crippen LogP contribution in [0.15, 0.2) is 77.0 Å². The average Bonchev–Trinajstić information content (AvgIpc) is 3.28. The first-order valence-corrected chi connectivity index (χ1v) is 17.1. The van der Waals surface area contributed by atoms with E-state index in [0.29, 0.717) is 12.3 Å². The Morgan fingerprint density at radius 2 is 1.79 bits per heavy atom. The lowest BCUT2D eigenvalue weighted by molar-refractivity contribution is 0.179. The van der Waals surface area contributed by atoms with Crippen molar-refractivity contribution in [3.05, 3.63) is 98.4 Å². The molecule has 2 heterocycles. The number of thiophene rings is 1. The quantitative estimate of drug-likeness (QED) is 0.265. The zero-order valence-electron chi connectivity index (χ0n) is 27.2. The van der Waals surface area contributed by atoms with Crippen molar-refractivity contribution in [2.24, 2.45) is 16.8 Å². The molecule has 0 fully saturated rings. The number of unbranched alkanes of at least 4 members (excludes halogenated alkanes) is 1. The fourth-order valence-electron chi connectivity index (χ4n) is 6.14. The maximum absolute atomic E-state index is 11.7. The van der Waals surface area contributed by atoms with E-state index in [4.69, 9.17) is 4.99 Å². The smallest absolute Gasteiger partial charge is 0.0922 e. The Morgan fingerprint density at radius 3 is 2.45 bits per heavy atom. The minimum Gasteiger partial charge on any atom is -0.387 e. The molecule has 1 N–H and O–H groups in total. The van der Waals surface area contributed by atoms with Crippen molar-refractivity contribution in [2.45, 2.75) is 118 Å². The van der Waals surface area contributed by atoms with Crippen LogP contribution < -0.4 is 0 Å². The van der Waals surface area contributed by atoms with Gasteiger partial charge in [0, 0.05) is 21.5 Å². The van der Waals surface area contributed by atoms with E-state index < -0.39 is 6.10 Å². The van der Waals surface area contributed by atoms with Crippen LogP contribution in [0.5, 0.6) is 0 Å². The summed E-state index contributed by atoms with van der Waals surface area (Å²) in [5.74, 6) is 1.34. The number of aliphatic hydroxyl groups excluding tert-OH is 1. The predicted molar refractivity (Wildman–Crippen MR) is 185 cm³/mol. The summed E-state index contributed by atoms with van der Waals surface area (Å²) >= 11 is 1.85. The number of benzene rings is 1. The first-order chi connectivity index (χ1) is 20.1. The fourth-order valence-corrected chi connectivity index (χ4v) is 7.61. The Kier molecular flexibility index (Phi) is 11.4. The Labute approximate surface area is 260 Å². The molecule has 1 aromatic carbocycles. The van der Waals surface area contributed by atoms with Gasteiger partial charge in [-0.1, -0.05) is 122 Å². The number of rotatable bonds is 12. The second-order valence-electron chi connectivity index (χ2n) is 13.7. The van der Waals surface area contributed by atoms with Gasteiger partial charge in [0.15, 0.2) is 0 Å². The Bertz CT molecular complexity index is 1360. The van der Waals surface area contributed by atoms with Crippen LogP contribution in [0, 0.1) is 11.8 Å². The average molecular weight is 584 g/mol. The van der Waals surface area contributed by atoms with E-state index >= 15 is 0 Å². The van der Waals surface area contributed by atoms with Gasteiger partial charge in [0.05, 0.1) is 11.8 Å². The zero-order valence-corrected chi connectivity index (χ0v) is 28.0. The standard InChI is InChI=1S/C39H53NOS/c1-8-10-13-28(9-2)22-34-26-35(39(5,6)7)38(42-34)37(41)24-29-14-12-21-40-36(23-29)33-16-11-15-32(25-33)31-19-17-30(18-20-31)27(3)4/h11-12,15-17,19,21,23,25-28,37,41H,8-10,13-14,18,20,22,24H2,1-7H3. The van der Waals surface area contributed by atoms with Crippen molar-refractivity contribution in [1.29, 1.82) is 0 Å². The maximum atomic E-state index is 11.7. The van der Waals surface area contributed by atoms with E-state index in [9.17, 15) is 5.11 Å². The van der Waals surface area contributed by atoms with Gasteiger partial charge < -0.3 is 5.11 Å². The molecule has 3 heteroatoms. The molecule has 2 atom stereocenters. The summed E-state index contributed by atoms with van der Waals surface area (Å²) in [6.07, 6.45) is 20.3. The molecule has 1 aliphatic heterocycles. The highest BCUT2D eigenvalue weighted by molar-refractivity contribution is 7.12. The third-order valence-corrected chi connectivity index (χ3v) is 10.2. The highest BCUT2D eigenvalue weighted by Gasteiger charge is 2.26. The Morgan fingerprint density at radius 1 is 1.00 bits per heavy atom. The van der Waals surface area contributed by atoms with Crippen LogP contribution in [0.2, 0.25) is 0 Å². The molecule has 1 aliphatic carbocycles. The van der Waals surface area contributed by atoms with Gasteiger partial charge in [0.1, 0.15) is 0 Å². The van der Waals surface area contributed by atoms with Gasteiger partial charge in [-0.3, -0.25) is 4.99 Å². The molecule has 0 spiro atoms. The van der Waals surface area contributed by atoms with Gasteiger partial charge in [0.2, 0.25) is 0 Å². The van der Waals surface area contributed by atoms with Crippen molar-refractivity contribution >= 4 is 22.6 Å². The van der Waals surface area contributed by atoms with Crippen molar-refractivity contribution in [3.63, 3.8) is 0 Å². The number of nitrogens with zero attached hydrogens (tertiary/aromatic N) is 1. The highest BCUT2D eigenvalue weighted by Crippen LogP contribution is 2.40. The van der Waals surface area contributed by atoms with Crippen LogP contribution in [0.25, 0.3) is 5.57 Å². The van der Waals surface area contributed by atoms with Crippen LogP contribution in [-0.4, -0.2) is 10.8 Å². The summed E-state index contributed by atoms with van der Waals surface area (Å²) in [5, 5.41) is 11.7. The molecule has 2 unspecified atom stereocenters. The molecule has 1 aromatic heterocycles. The number of hydrogen-bond acceptors (Lipinski definition) is 3. The van der Waals surface area contributed by atoms with Gasteiger partial charge in [-0.2, -0.15) is 0 Å². The number of hydrogen-bond donors (Lipinski definition) is 1. The second kappa shape index (κ2) is 14.8. The maximum Gasteiger partial charge on any atom is 0.0922 e. The van der Waals surface area contributed by atoms with Gasteiger partial charge in [-0.25, -0.2) is 0 Å². The van der Waals surface area contributed by atoms with Crippen molar-refractivity contribution in [3.8, 4) is 0 Å². The summed E-state index contributed by atoms with van der Waals surface area (Å²) < 4.78 is 0. The van der Waals surface area contributed by atoms with E-state index in [2.05, 4.69) is 103 Å². The van der Waals surface area contributed by atoms with Crippen molar-refractivity contribution < 1.29 is 5.11 Å². The lowest BCUT2D eigenvalue weighted by atomic mass is 9.84. The van der Waals surface area contributed by atoms with Gasteiger partial charge in [-0.05, 0) is 84.3 Å². The summed E-state index contributed by atoms with van der Waals surface area (Å²) in [4.78, 5) is 7.40. The van der Waals surface area contributed by atoms with Crippen LogP contribution in [0.3, 0.4) is 0 Å². The first-order valence-electron chi connectivity index (χ1n) is 16.3. The van der Waals surface area contributed by atoms with E-state index in [1.54, 1.807) is 0 Å². The summed E-state index contributed by atoms with van der Waals surface area (Å²) in [5.41, 5.74) is 8.86. The molecule has 0 saturated heterocycles. The van der Waals surface area contributed by atoms with E-state index in [1.807, 2.05) is 17.5 Å². The van der Waals surface area contributed by atoms with Crippen LogP contribution >= 0.6 is 11.3 Å². The minimum absolute atomic E-state index is 0.0000852. The van der Waals surface area contributed by atoms with Crippen molar-refractivity contribution in [2.75, 3.05) is 0 Å². The lowest BCUT2D eigenvalue weighted by Gasteiger charge is -2.22. The highest BCUT2D eigenvalue weighted by atomic mass is 32.1. The predicted octanol–water partition coefficient (Wildman–Crippen LogP) is 11.3. The van der Waals surface area contributed by atoms with Gasteiger partial charge in [0.25, 0.3) is 0 Å². The lowest BCUT2D eigenvalue weighted by Crippen LogP contribution is -2.14. The molecule has 0 bridgehead atoms. The van der Waals surface area contributed by atoms with Crippen LogP contribution in [0.1, 0.15) is 132 Å². The molecule has 0 radical (unpaired) electrons. The van der Waals surface area contributed by atoms with E-state index in [1.165, 1.54) is 58.4 Å². The second-order valence-corrected chi connectivity index (χ2v) is 14.8. The number of allylic oxidation sites excluding steroid dienone is 6. The number of aliphatic imine (C=N–C) groups is 1. The SMILES string of the molecule is CCCCC(CC)Cc1cc(C(C)(C)C)c(C(O)CC2=CC(c3cccc(C4=CC=C(C(C)C)CC4)c3)=NC=CC2)s1. The van der Waals surface area contributed by atoms with E-state index in [0.717, 1.165) is 47.8 Å². The third kappa shape index (κ3) is 8.54. The molecule has 2 aromatic rings. The minimum atomic E-state index is -0.506. The van der Waals surface area contributed by atoms with Crippen LogP contribution in [-0.2, 0) is 11.8 Å². The summed E-state index contributed by atoms with van der Waals surface area (Å²) in [7, 11) is 0. The van der Waals surface area contributed by atoms with Gasteiger partial charge in [-0.15, -0.1) is 11.3 Å². The molecular weight excluding hydrogens is 531 g/mol. The fraction of sp³-hybridized carbons (Fsp3) is 0.513. The molecule has 2 nitrogen and oxygen atoms in total. The summed E-state index contributed by atoms with van der Waals surface area (Å²) in [6, 6.07) is 11.2. The number of aliphatic hydroxyl groups is 1. The van der Waals surface area contributed by atoms with Crippen LogP contribution in [0.4, 0.5) is 0 Å². The largest absolute Gasteiger partial charge is 0.387 e. The molecule has 0 amide bonds. The molecule has 42 heavy (non-hydrogen) atoms. The van der Waals surface area contributed by atoms with Crippen molar-refractivity contribution in [1.82, 2.24) is 0 Å². The molecular formula is C39H53NOS. The zero-order chi connectivity index (χ0) is 30.3. The monoisotopic (exact) mass is 583 g/mol. The third-order valence-electron chi connectivity index (χ3n) is 8.90. The summed E-state index contributed by atoms with van der Waals surface area (Å²) in [6.45, 7) is 16.0. The van der Waals surface area contributed by atoms with E-state index in [-0.39, 0.29) is 5.41 Å². The molecule has 226 valence electrons. The normalized spacial score (nSPS) is 17.4. The Hall–Kier alpha value is -2.49. The molecule has 2 aliphatic rings. The van der Waals surface area contributed by atoms with Gasteiger partial charge >= 0.3 is 0 Å². The Balaban J connectivity index is 1.55. The topological polar surface area (TPSA) is 32.6 Å². The molecule has 4 rings (SSSR count).